The van der Waals surface area contributed by atoms with Gasteiger partial charge >= 0.3 is 0 Å². The number of nitrogens with two attached hydrogens (primary N) is 2. The van der Waals surface area contributed by atoms with Gasteiger partial charge in [-0.2, -0.15) is 5.21 Å². The van der Waals surface area contributed by atoms with Crippen LogP contribution in [0.2, 0.25) is 0 Å². The van der Waals surface area contributed by atoms with Gasteiger partial charge < -0.3 is 22.1 Å². The molecule has 1 unspecified atom stereocenters. The van der Waals surface area contributed by atoms with Crippen molar-refractivity contribution >= 4 is 23.2 Å². The Labute approximate surface area is 232 Å². The molecule has 5 rings (SSSR count). The average Bonchev–Trinajstić information content (AvgIpc) is 3.53. The fourth-order valence-electron chi connectivity index (χ4n) is 5.06. The van der Waals surface area contributed by atoms with E-state index in [0.29, 0.717) is 36.1 Å². The second-order valence-corrected chi connectivity index (χ2v) is 10.2. The van der Waals surface area contributed by atoms with Crippen molar-refractivity contribution in [2.24, 2.45) is 17.6 Å². The lowest BCUT2D eigenvalue weighted by Crippen LogP contribution is -2.48. The Morgan fingerprint density at radius 1 is 0.950 bits per heavy atom. The molecule has 2 amide bonds. The van der Waals surface area contributed by atoms with Crippen LogP contribution in [-0.2, 0) is 16.0 Å². The number of anilines is 2. The van der Waals surface area contributed by atoms with Crippen molar-refractivity contribution in [3.8, 4) is 22.5 Å². The highest BCUT2D eigenvalue weighted by Gasteiger charge is 2.29. The maximum absolute atomic E-state index is 13.5. The van der Waals surface area contributed by atoms with Crippen LogP contribution in [0.4, 0.5) is 11.4 Å². The number of rotatable bonds is 9. The van der Waals surface area contributed by atoms with E-state index in [9.17, 15) is 9.59 Å². The van der Waals surface area contributed by atoms with Crippen molar-refractivity contribution in [3.63, 3.8) is 0 Å². The Morgan fingerprint density at radius 3 is 2.33 bits per heavy atom. The van der Waals surface area contributed by atoms with E-state index >= 15 is 0 Å². The standard InChI is InChI=1S/C29H33N9O2/c30-15-19-3-7-22(8-4-19)28(39)34-26(13-18-1-5-20(6-2-18)23-14-24(31)17-32-16-23)29(40)33-25-11-9-21(10-12-25)27-35-37-38-36-27/h1-2,5-6,9-12,14,16-17,19,22,26H,3-4,7-8,13,15,30-31H2,(H,33,40)(H,34,39)(H,35,36,37,38). The molecule has 11 nitrogen and oxygen atoms in total. The van der Waals surface area contributed by atoms with Crippen LogP contribution in [0.15, 0.2) is 67.0 Å². The molecule has 1 fully saturated rings. The molecule has 0 saturated heterocycles. The number of benzene rings is 2. The fourth-order valence-corrected chi connectivity index (χ4v) is 5.06. The number of tetrazole rings is 1. The maximum atomic E-state index is 13.5. The fraction of sp³-hybridized carbons (Fsp3) is 0.310. The lowest BCUT2D eigenvalue weighted by Gasteiger charge is -2.28. The summed E-state index contributed by atoms with van der Waals surface area (Å²) in [4.78, 5) is 30.9. The lowest BCUT2D eigenvalue weighted by molar-refractivity contribution is -0.130. The average molecular weight is 540 g/mol. The van der Waals surface area contributed by atoms with Crippen LogP contribution in [0.1, 0.15) is 31.2 Å². The summed E-state index contributed by atoms with van der Waals surface area (Å²) >= 11 is 0. The Morgan fingerprint density at radius 2 is 1.68 bits per heavy atom. The van der Waals surface area contributed by atoms with Gasteiger partial charge in [0.05, 0.1) is 5.69 Å². The molecule has 0 aliphatic heterocycles. The van der Waals surface area contributed by atoms with Crippen LogP contribution >= 0.6 is 0 Å². The van der Waals surface area contributed by atoms with Gasteiger partial charge in [0, 0.05) is 41.5 Å². The van der Waals surface area contributed by atoms with Gasteiger partial charge in [0.25, 0.3) is 0 Å². The highest BCUT2D eigenvalue weighted by molar-refractivity contribution is 5.97. The molecule has 0 bridgehead atoms. The van der Waals surface area contributed by atoms with E-state index in [2.05, 4.69) is 36.2 Å². The number of carbonyl (C=O) groups is 2. The lowest BCUT2D eigenvalue weighted by atomic mass is 9.81. The molecular weight excluding hydrogens is 506 g/mol. The Bertz CT molecular complexity index is 1410. The van der Waals surface area contributed by atoms with E-state index in [1.807, 2.05) is 30.3 Å². The second kappa shape index (κ2) is 12.5. The predicted molar refractivity (Wildman–Crippen MR) is 152 cm³/mol. The number of aromatic amines is 1. The summed E-state index contributed by atoms with van der Waals surface area (Å²) in [7, 11) is 0. The largest absolute Gasteiger partial charge is 0.397 e. The van der Waals surface area contributed by atoms with Gasteiger partial charge in [-0.15, -0.1) is 10.2 Å². The summed E-state index contributed by atoms with van der Waals surface area (Å²) in [5.41, 5.74) is 16.4. The third-order valence-corrected chi connectivity index (χ3v) is 7.43. The smallest absolute Gasteiger partial charge is 0.247 e. The van der Waals surface area contributed by atoms with E-state index in [1.54, 1.807) is 36.7 Å². The first-order chi connectivity index (χ1) is 19.5. The number of nitrogens with zero attached hydrogens (tertiary/aromatic N) is 4. The van der Waals surface area contributed by atoms with E-state index in [4.69, 9.17) is 11.5 Å². The molecule has 1 atom stereocenters. The summed E-state index contributed by atoms with van der Waals surface area (Å²) in [5.74, 6) is 0.425. The van der Waals surface area contributed by atoms with Gasteiger partial charge in [-0.25, -0.2) is 0 Å². The van der Waals surface area contributed by atoms with Gasteiger partial charge in [-0.1, -0.05) is 24.3 Å². The van der Waals surface area contributed by atoms with Crippen molar-refractivity contribution in [2.75, 3.05) is 17.6 Å². The number of amides is 2. The molecule has 206 valence electrons. The molecule has 0 radical (unpaired) electrons. The topological polar surface area (TPSA) is 178 Å². The monoisotopic (exact) mass is 539 g/mol. The number of hydrogen-bond acceptors (Lipinski definition) is 8. The number of pyridine rings is 1. The van der Waals surface area contributed by atoms with Crippen LogP contribution in [0.5, 0.6) is 0 Å². The summed E-state index contributed by atoms with van der Waals surface area (Å²) in [6.07, 6.45) is 7.12. The van der Waals surface area contributed by atoms with Crippen LogP contribution < -0.4 is 22.1 Å². The Kier molecular flexibility index (Phi) is 8.41. The number of nitrogens with one attached hydrogen (secondary N) is 3. The molecule has 11 heteroatoms. The molecule has 2 aromatic heterocycles. The molecule has 4 aromatic rings. The van der Waals surface area contributed by atoms with Crippen LogP contribution in [0, 0.1) is 11.8 Å². The number of H-pyrrole nitrogens is 1. The number of nitrogen functional groups attached to an aromatic ring is 1. The minimum Gasteiger partial charge on any atom is -0.397 e. The highest BCUT2D eigenvalue weighted by Crippen LogP contribution is 2.28. The van der Waals surface area contributed by atoms with Crippen molar-refractivity contribution in [2.45, 2.75) is 38.1 Å². The Hall–Kier alpha value is -4.64. The SMILES string of the molecule is NCC1CCC(C(=O)NC(Cc2ccc(-c3cncc(N)c3)cc2)C(=O)Nc2ccc(-c3nn[nH]n3)cc2)CC1. The van der Waals surface area contributed by atoms with E-state index in [1.165, 1.54) is 0 Å². The van der Waals surface area contributed by atoms with Crippen molar-refractivity contribution in [1.82, 2.24) is 30.9 Å². The van der Waals surface area contributed by atoms with E-state index < -0.39 is 6.04 Å². The summed E-state index contributed by atoms with van der Waals surface area (Å²) in [6, 6.07) is 16.1. The highest BCUT2D eigenvalue weighted by atomic mass is 16.2. The summed E-state index contributed by atoms with van der Waals surface area (Å²) < 4.78 is 0. The third-order valence-electron chi connectivity index (χ3n) is 7.43. The normalized spacial score (nSPS) is 17.6. The minimum atomic E-state index is -0.753. The van der Waals surface area contributed by atoms with Crippen molar-refractivity contribution < 1.29 is 9.59 Å². The quantitative estimate of drug-likeness (QED) is 0.215. The third kappa shape index (κ3) is 6.67. The molecule has 1 aliphatic carbocycles. The van der Waals surface area contributed by atoms with E-state index in [-0.39, 0.29) is 17.7 Å². The summed E-state index contributed by atoms with van der Waals surface area (Å²) in [5, 5.41) is 19.9. The number of aromatic nitrogens is 5. The van der Waals surface area contributed by atoms with Crippen LogP contribution in [0.3, 0.4) is 0 Å². The molecule has 2 heterocycles. The second-order valence-electron chi connectivity index (χ2n) is 10.2. The molecule has 40 heavy (non-hydrogen) atoms. The minimum absolute atomic E-state index is 0.0921. The summed E-state index contributed by atoms with van der Waals surface area (Å²) in [6.45, 7) is 0.645. The van der Waals surface area contributed by atoms with Gasteiger partial charge in [0.15, 0.2) is 0 Å². The Balaban J connectivity index is 1.30. The van der Waals surface area contributed by atoms with Gasteiger partial charge in [-0.3, -0.25) is 14.6 Å². The van der Waals surface area contributed by atoms with Gasteiger partial charge in [0.1, 0.15) is 6.04 Å². The van der Waals surface area contributed by atoms with E-state index in [0.717, 1.165) is 47.9 Å². The molecular formula is C29H33N9O2. The molecule has 1 aliphatic rings. The predicted octanol–water partition coefficient (Wildman–Crippen LogP) is 2.94. The van der Waals surface area contributed by atoms with Crippen LogP contribution in [0.25, 0.3) is 22.5 Å². The molecule has 1 saturated carbocycles. The zero-order valence-electron chi connectivity index (χ0n) is 22.1. The number of carbonyl (C=O) groups excluding carboxylic acids is 2. The first-order valence-corrected chi connectivity index (χ1v) is 13.4. The molecule has 0 spiro atoms. The van der Waals surface area contributed by atoms with Gasteiger partial charge in [0.2, 0.25) is 17.6 Å². The zero-order chi connectivity index (χ0) is 27.9. The first-order valence-electron chi connectivity index (χ1n) is 13.4. The number of hydrogen-bond donors (Lipinski definition) is 5. The molecule has 2 aromatic carbocycles. The van der Waals surface area contributed by atoms with Gasteiger partial charge in [-0.05, 0) is 84.8 Å². The molecule has 7 N–H and O–H groups in total. The zero-order valence-corrected chi connectivity index (χ0v) is 22.1. The van der Waals surface area contributed by atoms with Crippen LogP contribution in [-0.4, -0.2) is 50.0 Å². The maximum Gasteiger partial charge on any atom is 0.247 e. The first kappa shape index (κ1) is 26.9. The van der Waals surface area contributed by atoms with Crippen molar-refractivity contribution in [3.05, 3.63) is 72.6 Å². The van der Waals surface area contributed by atoms with Crippen molar-refractivity contribution in [1.29, 1.82) is 0 Å².